The molecule has 8 nitrogen and oxygen atoms in total. The van der Waals surface area contributed by atoms with Gasteiger partial charge >= 0.3 is 7.82 Å². The van der Waals surface area contributed by atoms with Crippen molar-refractivity contribution < 1.29 is 23.6 Å². The lowest BCUT2D eigenvalue weighted by atomic mass is 9.86. The molecule has 4 aromatic rings. The number of nitrogens with one attached hydrogen (secondary N) is 1. The Morgan fingerprint density at radius 2 is 1.74 bits per heavy atom. The van der Waals surface area contributed by atoms with Crippen molar-refractivity contribution in [3.8, 4) is 17.0 Å². The quantitative estimate of drug-likeness (QED) is 0.162. The highest BCUT2D eigenvalue weighted by atomic mass is 32.2. The molecule has 0 aliphatic rings. The first kappa shape index (κ1) is 29.1. The minimum Gasteiger partial charge on any atom is -0.489 e. The van der Waals surface area contributed by atoms with E-state index in [1.807, 2.05) is 48.5 Å². The number of hydrogen-bond donors (Lipinski definition) is 4. The van der Waals surface area contributed by atoms with E-state index in [4.69, 9.17) is 20.3 Å². The fourth-order valence-corrected chi connectivity index (χ4v) is 5.54. The van der Waals surface area contributed by atoms with Gasteiger partial charge in [-0.25, -0.2) is 9.55 Å². The summed E-state index contributed by atoms with van der Waals surface area (Å²) in [6, 6.07) is 24.4. The third kappa shape index (κ3) is 8.05. The summed E-state index contributed by atoms with van der Waals surface area (Å²) in [6.07, 6.45) is 1.67. The fraction of sp³-hybridized carbons (Fsp3) is 0.276. The largest absolute Gasteiger partial charge is 0.489 e. The van der Waals surface area contributed by atoms with Crippen molar-refractivity contribution >= 4 is 19.6 Å². The van der Waals surface area contributed by atoms with Gasteiger partial charge in [-0.2, -0.15) is 0 Å². The lowest BCUT2D eigenvalue weighted by Crippen LogP contribution is -2.39. The third-order valence-corrected chi connectivity index (χ3v) is 7.56. The first-order chi connectivity index (χ1) is 18.3. The molecule has 0 fully saturated rings. The molecule has 0 bridgehead atoms. The molecule has 0 unspecified atom stereocenters. The Balaban J connectivity index is 1.55. The van der Waals surface area contributed by atoms with E-state index in [-0.39, 0.29) is 12.0 Å². The number of imidazole rings is 1. The van der Waals surface area contributed by atoms with Crippen LogP contribution in [0.5, 0.6) is 5.75 Å². The zero-order valence-electron chi connectivity index (χ0n) is 22.4. The fourth-order valence-electron chi connectivity index (χ4n) is 3.91. The molecule has 10 heteroatoms. The van der Waals surface area contributed by atoms with Crippen molar-refractivity contribution in [2.45, 2.75) is 55.0 Å². The number of hydrogen-bond acceptors (Lipinski definition) is 6. The number of aromatic nitrogens is 2. The molecule has 206 valence electrons. The van der Waals surface area contributed by atoms with Gasteiger partial charge in [-0.1, -0.05) is 75.0 Å². The molecule has 0 spiro atoms. The van der Waals surface area contributed by atoms with Crippen molar-refractivity contribution in [2.24, 2.45) is 5.73 Å². The maximum absolute atomic E-state index is 11.1. The molecular formula is C29H34N3O5PS. The summed E-state index contributed by atoms with van der Waals surface area (Å²) in [5.41, 5.74) is 8.84. The second kappa shape index (κ2) is 11.7. The Hall–Kier alpha value is -2.91. The van der Waals surface area contributed by atoms with Crippen LogP contribution in [0, 0.1) is 0 Å². The number of aromatic amines is 1. The molecule has 39 heavy (non-hydrogen) atoms. The molecule has 0 aliphatic heterocycles. The zero-order chi connectivity index (χ0) is 28.3. The maximum atomic E-state index is 11.1. The van der Waals surface area contributed by atoms with E-state index in [1.54, 1.807) is 24.9 Å². The number of H-pyrrole nitrogens is 1. The summed E-state index contributed by atoms with van der Waals surface area (Å²) in [5, 5.41) is 0. The van der Waals surface area contributed by atoms with Crippen LogP contribution in [-0.4, -0.2) is 26.4 Å². The highest BCUT2D eigenvalue weighted by molar-refractivity contribution is 7.99. The normalized spacial score (nSPS) is 13.7. The number of nitrogens with two attached hydrogens (primary N) is 1. The summed E-state index contributed by atoms with van der Waals surface area (Å²) < 4.78 is 21.8. The van der Waals surface area contributed by atoms with Gasteiger partial charge in [-0.05, 0) is 59.4 Å². The summed E-state index contributed by atoms with van der Waals surface area (Å²) >= 11 is 1.68. The lowest BCUT2D eigenvalue weighted by Gasteiger charge is -2.24. The van der Waals surface area contributed by atoms with Gasteiger partial charge in [-0.15, -0.1) is 0 Å². The molecule has 4 rings (SSSR count). The highest BCUT2D eigenvalue weighted by Crippen LogP contribution is 2.40. The predicted molar refractivity (Wildman–Crippen MR) is 154 cm³/mol. The van der Waals surface area contributed by atoms with Gasteiger partial charge in [0.2, 0.25) is 0 Å². The first-order valence-electron chi connectivity index (χ1n) is 12.4. The smallest absolute Gasteiger partial charge is 0.469 e. The van der Waals surface area contributed by atoms with Gasteiger partial charge in [0.25, 0.3) is 0 Å². The second-order valence-electron chi connectivity index (χ2n) is 10.6. The molecule has 0 amide bonds. The molecule has 1 aromatic heterocycles. The maximum Gasteiger partial charge on any atom is 0.469 e. The van der Waals surface area contributed by atoms with Gasteiger partial charge < -0.3 is 25.2 Å². The SMILES string of the molecule is CC(C)(C)c1cc(-c2cnc([C@@](C)(N)COP(=O)(O)O)[nH]2)ccc1Sc1cccc(OCc2ccccc2)c1. The van der Waals surface area contributed by atoms with Crippen LogP contribution in [0.4, 0.5) is 0 Å². The number of rotatable bonds is 10. The summed E-state index contributed by atoms with van der Waals surface area (Å²) in [6.45, 7) is 8.24. The van der Waals surface area contributed by atoms with E-state index in [1.165, 1.54) is 0 Å². The predicted octanol–water partition coefficient (Wildman–Crippen LogP) is 6.39. The highest BCUT2D eigenvalue weighted by Gasteiger charge is 2.29. The Bertz CT molecular complexity index is 1460. The van der Waals surface area contributed by atoms with Crippen LogP contribution in [0.25, 0.3) is 11.3 Å². The van der Waals surface area contributed by atoms with Crippen molar-refractivity contribution in [1.29, 1.82) is 0 Å². The molecule has 0 saturated heterocycles. The molecule has 0 radical (unpaired) electrons. The van der Waals surface area contributed by atoms with E-state index < -0.39 is 13.4 Å². The van der Waals surface area contributed by atoms with Gasteiger partial charge in [0.05, 0.1) is 24.0 Å². The number of ether oxygens (including phenoxy) is 1. The first-order valence-corrected chi connectivity index (χ1v) is 14.8. The van der Waals surface area contributed by atoms with Crippen LogP contribution < -0.4 is 10.5 Å². The number of nitrogens with zero attached hydrogens (tertiary/aromatic N) is 1. The number of phosphoric acid groups is 1. The van der Waals surface area contributed by atoms with Crippen molar-refractivity contribution in [3.63, 3.8) is 0 Å². The second-order valence-corrected chi connectivity index (χ2v) is 13.0. The average Bonchev–Trinajstić information content (AvgIpc) is 3.38. The van der Waals surface area contributed by atoms with Gasteiger partial charge in [0, 0.05) is 9.79 Å². The molecule has 3 aromatic carbocycles. The van der Waals surface area contributed by atoms with Crippen molar-refractivity contribution in [2.75, 3.05) is 6.61 Å². The van der Waals surface area contributed by atoms with E-state index in [0.29, 0.717) is 12.4 Å². The van der Waals surface area contributed by atoms with Gasteiger partial charge in [0.1, 0.15) is 18.2 Å². The van der Waals surface area contributed by atoms with Crippen LogP contribution in [0.2, 0.25) is 0 Å². The topological polar surface area (TPSA) is 131 Å². The minimum absolute atomic E-state index is 0.137. The monoisotopic (exact) mass is 567 g/mol. The minimum atomic E-state index is -4.65. The van der Waals surface area contributed by atoms with Crippen LogP contribution in [-0.2, 0) is 26.6 Å². The molecular weight excluding hydrogens is 533 g/mol. The third-order valence-electron chi connectivity index (χ3n) is 6.03. The van der Waals surface area contributed by atoms with Crippen LogP contribution >= 0.6 is 19.6 Å². The van der Waals surface area contributed by atoms with E-state index in [2.05, 4.69) is 59.5 Å². The summed E-state index contributed by atoms with van der Waals surface area (Å²) in [5.74, 6) is 1.18. The van der Waals surface area contributed by atoms with Crippen molar-refractivity contribution in [1.82, 2.24) is 9.97 Å². The van der Waals surface area contributed by atoms with Gasteiger partial charge in [-0.3, -0.25) is 4.52 Å². The Labute approximate surface area is 233 Å². The average molecular weight is 568 g/mol. The molecule has 1 heterocycles. The van der Waals surface area contributed by atoms with Crippen LogP contribution in [0.1, 0.15) is 44.6 Å². The zero-order valence-corrected chi connectivity index (χ0v) is 24.1. The van der Waals surface area contributed by atoms with E-state index in [0.717, 1.165) is 37.9 Å². The molecule has 5 N–H and O–H groups in total. The Kier molecular flexibility index (Phi) is 8.71. The molecule has 0 saturated carbocycles. The van der Waals surface area contributed by atoms with Crippen molar-refractivity contribution in [3.05, 3.63) is 95.9 Å². The standard InChI is InChI=1S/C29H34N3O5PS/c1-28(2,3)24-15-21(25-17-31-27(32-25)29(4,30)19-37-38(33,34)35)13-14-26(24)39-23-12-8-11-22(16-23)36-18-20-9-6-5-7-10-20/h5-17H,18-19,30H2,1-4H3,(H,31,32)(H2,33,34,35)/t29-/m0/s1. The number of benzene rings is 3. The Morgan fingerprint density at radius 1 is 1.00 bits per heavy atom. The van der Waals surface area contributed by atoms with E-state index in [9.17, 15) is 4.57 Å². The van der Waals surface area contributed by atoms with Crippen LogP contribution in [0.15, 0.2) is 88.8 Å². The Morgan fingerprint density at radius 3 is 2.44 bits per heavy atom. The van der Waals surface area contributed by atoms with Crippen LogP contribution in [0.3, 0.4) is 0 Å². The van der Waals surface area contributed by atoms with Gasteiger partial charge in [0.15, 0.2) is 0 Å². The summed E-state index contributed by atoms with van der Waals surface area (Å²) in [7, 11) is -4.65. The number of phosphoric ester groups is 1. The van der Waals surface area contributed by atoms with E-state index >= 15 is 0 Å². The summed E-state index contributed by atoms with van der Waals surface area (Å²) in [4.78, 5) is 27.8. The molecule has 1 atom stereocenters. The molecule has 0 aliphatic carbocycles. The lowest BCUT2D eigenvalue weighted by molar-refractivity contribution is 0.155.